The highest BCUT2D eigenvalue weighted by Gasteiger charge is 2.43. The van der Waals surface area contributed by atoms with Crippen molar-refractivity contribution in [2.75, 3.05) is 13.1 Å². The zero-order valence-electron chi connectivity index (χ0n) is 24.0. The Morgan fingerprint density at radius 3 is 2.16 bits per heavy atom. The molecule has 240 valence electrons. The summed E-state index contributed by atoms with van der Waals surface area (Å²) in [7, 11) is 1.55. The standard InChI is InChI=1S/C30H30F6N6O3/c1-40-25(19-7-9-20(10-8-19)26(37)30(34,35)36)23-24(39-40)27(44)42(17-38-23)16-28(45)11-13-41(14-12-28)22(43)15-21(29(31,32)33)18-5-3-2-4-6-18/h2-10,17,21,26,45H,11-16,37H2,1H3/t21-,26+/m1/s1. The fourth-order valence-corrected chi connectivity index (χ4v) is 5.63. The van der Waals surface area contributed by atoms with Crippen LogP contribution in [0.3, 0.4) is 0 Å². The second-order valence-corrected chi connectivity index (χ2v) is 11.3. The number of amides is 1. The second kappa shape index (κ2) is 11.9. The number of nitrogens with zero attached hydrogens (tertiary/aromatic N) is 5. The molecule has 0 saturated carbocycles. The van der Waals surface area contributed by atoms with Crippen LogP contribution in [-0.2, 0) is 18.4 Å². The van der Waals surface area contributed by atoms with Crippen molar-refractivity contribution in [1.82, 2.24) is 24.2 Å². The molecule has 2 atom stereocenters. The number of halogens is 6. The van der Waals surface area contributed by atoms with Gasteiger partial charge in [-0.25, -0.2) is 4.98 Å². The number of aromatic nitrogens is 4. The van der Waals surface area contributed by atoms with Crippen LogP contribution in [0.1, 0.15) is 42.3 Å². The molecule has 0 aliphatic carbocycles. The number of benzene rings is 2. The molecule has 1 saturated heterocycles. The molecule has 0 radical (unpaired) electrons. The number of hydrogen-bond acceptors (Lipinski definition) is 6. The molecule has 3 heterocycles. The van der Waals surface area contributed by atoms with Crippen molar-refractivity contribution in [3.05, 3.63) is 82.4 Å². The second-order valence-electron chi connectivity index (χ2n) is 11.3. The minimum atomic E-state index is -4.62. The summed E-state index contributed by atoms with van der Waals surface area (Å²) in [5, 5.41) is 15.5. The Morgan fingerprint density at radius 2 is 1.58 bits per heavy atom. The van der Waals surface area contributed by atoms with Crippen molar-refractivity contribution in [3.8, 4) is 11.3 Å². The van der Waals surface area contributed by atoms with Gasteiger partial charge in [-0.1, -0.05) is 54.6 Å². The molecule has 3 N–H and O–H groups in total. The number of nitrogens with two attached hydrogens (primary N) is 1. The smallest absolute Gasteiger partial charge is 0.388 e. The van der Waals surface area contributed by atoms with Crippen LogP contribution in [0.15, 0.2) is 65.7 Å². The highest BCUT2D eigenvalue weighted by atomic mass is 19.4. The van der Waals surface area contributed by atoms with E-state index in [1.807, 2.05) is 0 Å². The SMILES string of the molecule is Cn1nc2c(=O)n(CC3(O)CCN(C(=O)C[C@H](c4ccccc4)C(F)(F)F)CC3)cnc2c1-c1ccc([C@H](N)C(F)(F)F)cc1. The fourth-order valence-electron chi connectivity index (χ4n) is 5.63. The molecule has 45 heavy (non-hydrogen) atoms. The lowest BCUT2D eigenvalue weighted by molar-refractivity contribution is -0.162. The van der Waals surface area contributed by atoms with Gasteiger partial charge in [-0.05, 0) is 24.0 Å². The first-order chi connectivity index (χ1) is 21.1. The molecule has 2 aromatic heterocycles. The van der Waals surface area contributed by atoms with Gasteiger partial charge >= 0.3 is 12.4 Å². The van der Waals surface area contributed by atoms with E-state index in [0.717, 1.165) is 0 Å². The van der Waals surface area contributed by atoms with Gasteiger partial charge in [-0.3, -0.25) is 18.8 Å². The molecule has 0 bridgehead atoms. The summed E-state index contributed by atoms with van der Waals surface area (Å²) < 4.78 is 82.8. The molecule has 1 aliphatic rings. The minimum absolute atomic E-state index is 0.000843. The average Bonchev–Trinajstić information content (AvgIpc) is 3.33. The van der Waals surface area contributed by atoms with Gasteiger partial charge in [0.2, 0.25) is 5.91 Å². The number of carbonyl (C=O) groups is 1. The Bertz CT molecular complexity index is 1730. The van der Waals surface area contributed by atoms with Gasteiger partial charge in [0.1, 0.15) is 11.6 Å². The van der Waals surface area contributed by atoms with Crippen molar-refractivity contribution < 1.29 is 36.2 Å². The quantitative estimate of drug-likeness (QED) is 0.290. The third-order valence-corrected chi connectivity index (χ3v) is 8.20. The highest BCUT2D eigenvalue weighted by molar-refractivity contribution is 5.89. The van der Waals surface area contributed by atoms with E-state index in [1.165, 1.54) is 69.0 Å². The van der Waals surface area contributed by atoms with Crippen LogP contribution in [0.4, 0.5) is 26.3 Å². The van der Waals surface area contributed by atoms with E-state index in [2.05, 4.69) is 10.1 Å². The number of alkyl halides is 6. The molecule has 0 spiro atoms. The van der Waals surface area contributed by atoms with Crippen molar-refractivity contribution in [2.24, 2.45) is 12.8 Å². The molecular weight excluding hydrogens is 606 g/mol. The summed E-state index contributed by atoms with van der Waals surface area (Å²) in [5.74, 6) is -2.64. The predicted octanol–water partition coefficient (Wildman–Crippen LogP) is 4.45. The topological polar surface area (TPSA) is 119 Å². The lowest BCUT2D eigenvalue weighted by Crippen LogP contribution is -2.50. The number of likely N-dealkylation sites (tertiary alicyclic amines) is 1. The minimum Gasteiger partial charge on any atom is -0.388 e. The zero-order chi connectivity index (χ0) is 32.7. The van der Waals surface area contributed by atoms with E-state index in [0.29, 0.717) is 11.3 Å². The summed E-state index contributed by atoms with van der Waals surface area (Å²) in [6, 6.07) is 10.4. The number of aryl methyl sites for hydroxylation is 1. The van der Waals surface area contributed by atoms with Crippen molar-refractivity contribution >= 4 is 16.9 Å². The number of hydrogen-bond donors (Lipinski definition) is 2. The summed E-state index contributed by atoms with van der Waals surface area (Å²) >= 11 is 0. The summed E-state index contributed by atoms with van der Waals surface area (Å²) in [5.41, 5.74) is 4.16. The number of piperidine rings is 1. The Kier molecular flexibility index (Phi) is 8.53. The molecule has 1 amide bonds. The maximum Gasteiger partial charge on any atom is 0.407 e. The van der Waals surface area contributed by atoms with Gasteiger partial charge in [-0.15, -0.1) is 0 Å². The van der Waals surface area contributed by atoms with Crippen LogP contribution in [0, 0.1) is 0 Å². The van der Waals surface area contributed by atoms with Crippen LogP contribution < -0.4 is 11.3 Å². The van der Waals surface area contributed by atoms with Crippen molar-refractivity contribution in [1.29, 1.82) is 0 Å². The van der Waals surface area contributed by atoms with E-state index in [1.54, 1.807) is 13.1 Å². The largest absolute Gasteiger partial charge is 0.407 e. The average molecular weight is 637 g/mol. The molecule has 9 nitrogen and oxygen atoms in total. The Balaban J connectivity index is 1.29. The molecular formula is C30H30F6N6O3. The summed E-state index contributed by atoms with van der Waals surface area (Å²) in [4.78, 5) is 31.8. The van der Waals surface area contributed by atoms with Crippen LogP contribution in [0.2, 0.25) is 0 Å². The van der Waals surface area contributed by atoms with Crippen LogP contribution in [-0.4, -0.2) is 66.3 Å². The zero-order valence-corrected chi connectivity index (χ0v) is 24.0. The lowest BCUT2D eigenvalue weighted by Gasteiger charge is -2.39. The van der Waals surface area contributed by atoms with Gasteiger partial charge in [0.05, 0.1) is 30.1 Å². The monoisotopic (exact) mass is 636 g/mol. The Hall–Kier alpha value is -4.24. The molecule has 2 aromatic carbocycles. The highest BCUT2D eigenvalue weighted by Crippen LogP contribution is 2.38. The summed E-state index contributed by atoms with van der Waals surface area (Å²) in [6.07, 6.45) is -8.72. The summed E-state index contributed by atoms with van der Waals surface area (Å²) in [6.45, 7) is -0.191. The number of fused-ring (bicyclic) bond motifs is 1. The maximum absolute atomic E-state index is 13.8. The molecule has 4 aromatic rings. The van der Waals surface area contributed by atoms with Gasteiger partial charge in [0, 0.05) is 32.1 Å². The van der Waals surface area contributed by atoms with Crippen molar-refractivity contribution in [3.63, 3.8) is 0 Å². The molecule has 1 fully saturated rings. The van der Waals surface area contributed by atoms with Gasteiger partial charge in [0.15, 0.2) is 5.52 Å². The van der Waals surface area contributed by atoms with Crippen LogP contribution in [0.5, 0.6) is 0 Å². The molecule has 1 aliphatic heterocycles. The van der Waals surface area contributed by atoms with E-state index >= 15 is 0 Å². The Labute approximate surface area is 252 Å². The lowest BCUT2D eigenvalue weighted by atomic mass is 9.90. The molecule has 5 rings (SSSR count). The van der Waals surface area contributed by atoms with Gasteiger partial charge in [0.25, 0.3) is 5.56 Å². The van der Waals surface area contributed by atoms with Crippen LogP contribution >= 0.6 is 0 Å². The number of carbonyl (C=O) groups excluding carboxylic acids is 1. The fraction of sp³-hybridized carbons (Fsp3) is 0.400. The van der Waals surface area contributed by atoms with E-state index < -0.39 is 47.8 Å². The third kappa shape index (κ3) is 6.73. The van der Waals surface area contributed by atoms with Gasteiger partial charge in [-0.2, -0.15) is 31.4 Å². The van der Waals surface area contributed by atoms with Gasteiger partial charge < -0.3 is 15.7 Å². The van der Waals surface area contributed by atoms with E-state index in [9.17, 15) is 41.0 Å². The number of aliphatic hydroxyl groups is 1. The first-order valence-corrected chi connectivity index (χ1v) is 14.0. The van der Waals surface area contributed by atoms with Crippen molar-refractivity contribution in [2.45, 2.75) is 55.7 Å². The first kappa shape index (κ1) is 32.2. The first-order valence-electron chi connectivity index (χ1n) is 14.0. The van der Waals surface area contributed by atoms with E-state index in [-0.39, 0.29) is 54.6 Å². The molecule has 0 unspecified atom stereocenters. The molecule has 15 heteroatoms. The maximum atomic E-state index is 13.8. The Morgan fingerprint density at radius 1 is 0.956 bits per heavy atom. The predicted molar refractivity (Wildman–Crippen MR) is 152 cm³/mol. The van der Waals surface area contributed by atoms with E-state index in [4.69, 9.17) is 5.73 Å². The third-order valence-electron chi connectivity index (χ3n) is 8.20. The normalized spacial score (nSPS) is 17.0. The van der Waals surface area contributed by atoms with Crippen LogP contribution in [0.25, 0.3) is 22.3 Å². The number of rotatable bonds is 7.